The third-order valence-corrected chi connectivity index (χ3v) is 8.82. The van der Waals surface area contributed by atoms with Crippen LogP contribution in [0.3, 0.4) is 0 Å². The van der Waals surface area contributed by atoms with Gasteiger partial charge in [0.25, 0.3) is 0 Å². The molecule has 2 fully saturated rings. The smallest absolute Gasteiger partial charge is 0.416 e. The van der Waals surface area contributed by atoms with Gasteiger partial charge in [0.05, 0.1) is 23.4 Å². The van der Waals surface area contributed by atoms with E-state index in [0.717, 1.165) is 54.0 Å². The molecule has 2 saturated heterocycles. The number of piperidine rings is 1. The summed E-state index contributed by atoms with van der Waals surface area (Å²) in [6.45, 7) is 5.56. The van der Waals surface area contributed by atoms with E-state index in [-0.39, 0.29) is 23.1 Å². The number of nitrogens with zero attached hydrogens (tertiary/aromatic N) is 4. The fourth-order valence-electron chi connectivity index (χ4n) is 6.60. The van der Waals surface area contributed by atoms with Gasteiger partial charge >= 0.3 is 12.2 Å². The number of nitriles is 1. The molecule has 6 rings (SSSR count). The van der Waals surface area contributed by atoms with Crippen molar-refractivity contribution in [1.29, 1.82) is 5.26 Å². The molecule has 3 aliphatic rings. The van der Waals surface area contributed by atoms with E-state index in [9.17, 15) is 23.2 Å². The minimum atomic E-state index is -4.51. The van der Waals surface area contributed by atoms with E-state index < -0.39 is 11.7 Å². The Hall–Kier alpha value is -4.30. The fraction of sp³-hybridized carbons (Fsp3) is 0.406. The first-order valence-electron chi connectivity index (χ1n) is 14.6. The summed E-state index contributed by atoms with van der Waals surface area (Å²) in [6, 6.07) is 15.2. The second kappa shape index (κ2) is 11.4. The summed E-state index contributed by atoms with van der Waals surface area (Å²) >= 11 is 0. The Morgan fingerprint density at radius 3 is 2.70 bits per heavy atom. The minimum absolute atomic E-state index is 0.00925. The quantitative estimate of drug-likeness (QED) is 0.410. The maximum Gasteiger partial charge on any atom is 0.416 e. The summed E-state index contributed by atoms with van der Waals surface area (Å²) in [5.74, 6) is 0.531. The van der Waals surface area contributed by atoms with E-state index >= 15 is 0 Å². The van der Waals surface area contributed by atoms with Crippen molar-refractivity contribution in [3.63, 3.8) is 0 Å². The van der Waals surface area contributed by atoms with Crippen LogP contribution < -0.4 is 25.2 Å². The average molecular weight is 591 g/mol. The number of urea groups is 1. The highest BCUT2D eigenvalue weighted by atomic mass is 19.4. The Kier molecular flexibility index (Phi) is 7.65. The number of hydrogen-bond donors (Lipinski definition) is 2. The number of carbonyl (C=O) groups excluding carboxylic acids is 1. The van der Waals surface area contributed by atoms with Gasteiger partial charge in [-0.3, -0.25) is 4.90 Å². The van der Waals surface area contributed by atoms with Gasteiger partial charge in [-0.2, -0.15) is 18.4 Å². The van der Waals surface area contributed by atoms with Gasteiger partial charge in [0.2, 0.25) is 5.88 Å². The van der Waals surface area contributed by atoms with Crippen molar-refractivity contribution in [2.45, 2.75) is 43.8 Å². The predicted molar refractivity (Wildman–Crippen MR) is 157 cm³/mol. The molecule has 43 heavy (non-hydrogen) atoms. The van der Waals surface area contributed by atoms with E-state index in [1.54, 1.807) is 6.20 Å². The molecule has 1 aromatic heterocycles. The Morgan fingerprint density at radius 1 is 1.19 bits per heavy atom. The van der Waals surface area contributed by atoms with Crippen LogP contribution in [-0.4, -0.2) is 56.4 Å². The molecular weight excluding hydrogens is 557 g/mol. The number of carbonyl (C=O) groups is 1. The van der Waals surface area contributed by atoms with Crippen LogP contribution in [0.1, 0.15) is 42.9 Å². The second-order valence-electron chi connectivity index (χ2n) is 11.4. The van der Waals surface area contributed by atoms with Crippen LogP contribution in [-0.2, 0) is 11.6 Å². The normalized spacial score (nSPS) is 19.3. The summed E-state index contributed by atoms with van der Waals surface area (Å²) in [6.07, 6.45) is -0.600. The molecule has 2 amide bonds. The summed E-state index contributed by atoms with van der Waals surface area (Å²) in [5, 5.41) is 16.1. The van der Waals surface area contributed by atoms with Crippen LogP contribution in [0.2, 0.25) is 0 Å². The van der Waals surface area contributed by atoms with Gasteiger partial charge in [-0.15, -0.1) is 0 Å². The molecule has 8 nitrogen and oxygen atoms in total. The van der Waals surface area contributed by atoms with Gasteiger partial charge in [-0.1, -0.05) is 12.1 Å². The van der Waals surface area contributed by atoms with Gasteiger partial charge in [0, 0.05) is 55.1 Å². The van der Waals surface area contributed by atoms with Gasteiger partial charge in [-0.25, -0.2) is 9.78 Å². The Morgan fingerprint density at radius 2 is 2.00 bits per heavy atom. The number of anilines is 2. The highest BCUT2D eigenvalue weighted by Gasteiger charge is 2.47. The van der Waals surface area contributed by atoms with Gasteiger partial charge in [0.1, 0.15) is 6.07 Å². The number of pyridine rings is 1. The molecular formula is C32H33F3N6O2. The highest BCUT2D eigenvalue weighted by Crippen LogP contribution is 2.49. The second-order valence-corrected chi connectivity index (χ2v) is 11.4. The number of hydrogen-bond acceptors (Lipinski definition) is 6. The van der Waals surface area contributed by atoms with Crippen molar-refractivity contribution in [3.05, 3.63) is 71.4 Å². The molecule has 0 aliphatic carbocycles. The third kappa shape index (κ3) is 5.47. The SMILES string of the molecule is CCOc1ncccc1-c1ccc2c(c1)N(C(=O)N[C@H]1CCNC1)CC21CCN(c2ccc(C(F)(F)F)cc2C#N)CC1. The summed E-state index contributed by atoms with van der Waals surface area (Å²) in [4.78, 5) is 21.9. The zero-order valence-electron chi connectivity index (χ0n) is 23.9. The lowest BCUT2D eigenvalue weighted by atomic mass is 9.74. The molecule has 224 valence electrons. The Labute approximate surface area is 248 Å². The number of fused-ring (bicyclic) bond motifs is 2. The van der Waals surface area contributed by atoms with E-state index in [1.165, 1.54) is 6.07 Å². The van der Waals surface area contributed by atoms with Crippen LogP contribution in [0.5, 0.6) is 5.88 Å². The van der Waals surface area contributed by atoms with Gasteiger partial charge in [0.15, 0.2) is 0 Å². The van der Waals surface area contributed by atoms with E-state index in [0.29, 0.717) is 50.7 Å². The highest BCUT2D eigenvalue weighted by molar-refractivity contribution is 5.96. The summed E-state index contributed by atoms with van der Waals surface area (Å²) < 4.78 is 45.6. The standard InChI is InChI=1S/C32H33F3N6O2/c1-2-43-29-25(4-3-12-38-29)21-5-7-26-28(17-21)41(30(42)39-24-9-13-37-19-24)20-31(26)10-14-40(15-11-31)27-8-6-23(32(33,34)35)16-22(27)18-36/h3-8,12,16-17,24,37H,2,9-11,13-15,19-20H2,1H3,(H,39,42)/t24-/m0/s1. The minimum Gasteiger partial charge on any atom is -0.478 e. The lowest BCUT2D eigenvalue weighted by molar-refractivity contribution is -0.137. The molecule has 4 heterocycles. The molecule has 2 aromatic carbocycles. The van der Waals surface area contributed by atoms with Crippen LogP contribution in [0.4, 0.5) is 29.3 Å². The van der Waals surface area contributed by atoms with Gasteiger partial charge in [-0.05, 0) is 80.3 Å². The van der Waals surface area contributed by atoms with Crippen molar-refractivity contribution in [1.82, 2.24) is 15.6 Å². The van der Waals surface area contributed by atoms with Crippen LogP contribution in [0, 0.1) is 11.3 Å². The van der Waals surface area contributed by atoms with Crippen molar-refractivity contribution in [2.75, 3.05) is 49.1 Å². The number of alkyl halides is 3. The fourth-order valence-corrected chi connectivity index (χ4v) is 6.60. The van der Waals surface area contributed by atoms with Crippen LogP contribution >= 0.6 is 0 Å². The average Bonchev–Trinajstić information content (AvgIpc) is 3.63. The molecule has 0 saturated carbocycles. The molecule has 0 radical (unpaired) electrons. The zero-order valence-corrected chi connectivity index (χ0v) is 23.9. The number of nitrogens with one attached hydrogen (secondary N) is 2. The van der Waals surface area contributed by atoms with Gasteiger partial charge < -0.3 is 20.3 Å². The largest absolute Gasteiger partial charge is 0.478 e. The molecule has 3 aliphatic heterocycles. The monoisotopic (exact) mass is 590 g/mol. The van der Waals surface area contributed by atoms with Crippen molar-refractivity contribution < 1.29 is 22.7 Å². The molecule has 0 bridgehead atoms. The number of benzene rings is 2. The lowest BCUT2D eigenvalue weighted by Gasteiger charge is -2.41. The number of halogens is 3. The van der Waals surface area contributed by atoms with Crippen molar-refractivity contribution in [3.8, 4) is 23.1 Å². The zero-order chi connectivity index (χ0) is 30.2. The number of rotatable bonds is 5. The van der Waals surface area contributed by atoms with Crippen molar-refractivity contribution >= 4 is 17.4 Å². The Balaban J connectivity index is 1.31. The molecule has 1 spiro atoms. The van der Waals surface area contributed by atoms with Crippen molar-refractivity contribution in [2.24, 2.45) is 0 Å². The first-order chi connectivity index (χ1) is 20.7. The topological polar surface area (TPSA) is 93.5 Å². The molecule has 3 aromatic rings. The first-order valence-corrected chi connectivity index (χ1v) is 14.6. The van der Waals surface area contributed by atoms with Crippen LogP contribution in [0.15, 0.2) is 54.7 Å². The maximum absolute atomic E-state index is 13.7. The van der Waals surface area contributed by atoms with E-state index in [4.69, 9.17) is 4.74 Å². The maximum atomic E-state index is 13.7. The molecule has 0 unspecified atom stereocenters. The van der Waals surface area contributed by atoms with Crippen LogP contribution in [0.25, 0.3) is 11.1 Å². The molecule has 2 N–H and O–H groups in total. The Bertz CT molecular complexity index is 1560. The summed E-state index contributed by atoms with van der Waals surface area (Å²) in [7, 11) is 0. The third-order valence-electron chi connectivity index (χ3n) is 8.82. The number of amides is 2. The number of ether oxygens (including phenoxy) is 1. The number of aromatic nitrogens is 1. The first kappa shape index (κ1) is 28.8. The molecule has 1 atom stereocenters. The predicted octanol–water partition coefficient (Wildman–Crippen LogP) is 5.47. The van der Waals surface area contributed by atoms with E-state index in [2.05, 4.69) is 21.7 Å². The lowest BCUT2D eigenvalue weighted by Crippen LogP contribution is -2.49. The molecule has 11 heteroatoms. The summed E-state index contributed by atoms with van der Waals surface area (Å²) in [5.41, 5.74) is 3.01. The van der Waals surface area contributed by atoms with E-state index in [1.807, 2.05) is 47.1 Å².